The Morgan fingerprint density at radius 2 is 1.77 bits per heavy atom. The van der Waals surface area contributed by atoms with E-state index in [2.05, 4.69) is 9.71 Å². The molecule has 1 aromatic heterocycles. The molecule has 2 aromatic carbocycles. The van der Waals surface area contributed by atoms with Crippen LogP contribution in [0.2, 0.25) is 0 Å². The third kappa shape index (κ3) is 5.38. The van der Waals surface area contributed by atoms with Crippen molar-refractivity contribution in [3.63, 3.8) is 0 Å². The Morgan fingerprint density at radius 1 is 1.13 bits per heavy atom. The largest absolute Gasteiger partial charge is 0.598 e. The molecule has 0 aliphatic heterocycles. The fourth-order valence-corrected chi connectivity index (χ4v) is 3.79. The van der Waals surface area contributed by atoms with E-state index in [4.69, 9.17) is 4.74 Å². The van der Waals surface area contributed by atoms with Crippen molar-refractivity contribution in [1.29, 1.82) is 0 Å². The summed E-state index contributed by atoms with van der Waals surface area (Å²) in [5, 5.41) is 0. The van der Waals surface area contributed by atoms with Crippen LogP contribution in [-0.2, 0) is 17.8 Å². The van der Waals surface area contributed by atoms with Gasteiger partial charge in [0, 0.05) is 35.5 Å². The smallest absolute Gasteiger partial charge is 0.136 e. The minimum absolute atomic E-state index is 0.212. The molecule has 0 aliphatic carbocycles. The summed E-state index contributed by atoms with van der Waals surface area (Å²) in [5.41, 5.74) is 1.28. The minimum Gasteiger partial charge on any atom is -0.598 e. The number of benzene rings is 2. The van der Waals surface area contributed by atoms with Crippen LogP contribution in [0.5, 0.6) is 5.75 Å². The van der Waals surface area contributed by atoms with Crippen LogP contribution in [0.15, 0.2) is 54.9 Å². The van der Waals surface area contributed by atoms with Gasteiger partial charge in [-0.3, -0.25) is 0 Å². The predicted molar refractivity (Wildman–Crippen MR) is 114 cm³/mol. The number of hydrogen-bond donors (Lipinski definition) is 1. The monoisotopic (exact) mass is 433 g/mol. The van der Waals surface area contributed by atoms with Crippen LogP contribution < -0.4 is 9.46 Å². The lowest BCUT2D eigenvalue weighted by Gasteiger charge is -2.28. The number of nitrogens with one attached hydrogen (secondary N) is 1. The van der Waals surface area contributed by atoms with E-state index < -0.39 is 33.8 Å². The van der Waals surface area contributed by atoms with Gasteiger partial charge in [0.15, 0.2) is 0 Å². The second kappa shape index (κ2) is 9.16. The van der Waals surface area contributed by atoms with Crippen LogP contribution in [0.1, 0.15) is 38.2 Å². The van der Waals surface area contributed by atoms with Crippen molar-refractivity contribution in [1.82, 2.24) is 14.3 Å². The van der Waals surface area contributed by atoms with Gasteiger partial charge in [-0.05, 0) is 69.2 Å². The topological polar surface area (TPSA) is 62.1 Å². The number of nitrogens with zero attached hydrogens (tertiary/aromatic N) is 2. The molecular formula is C22H25F2N3O2S. The zero-order valence-corrected chi connectivity index (χ0v) is 18.2. The Morgan fingerprint density at radius 3 is 2.33 bits per heavy atom. The van der Waals surface area contributed by atoms with Crippen LogP contribution >= 0.6 is 0 Å². The van der Waals surface area contributed by atoms with E-state index in [0.717, 1.165) is 17.5 Å². The van der Waals surface area contributed by atoms with Crippen molar-refractivity contribution in [2.75, 3.05) is 7.11 Å². The van der Waals surface area contributed by atoms with Crippen molar-refractivity contribution in [2.45, 2.75) is 38.0 Å². The van der Waals surface area contributed by atoms with Gasteiger partial charge < -0.3 is 13.9 Å². The molecule has 0 aliphatic rings. The maximum atomic E-state index is 13.7. The van der Waals surface area contributed by atoms with E-state index in [-0.39, 0.29) is 6.42 Å². The van der Waals surface area contributed by atoms with Gasteiger partial charge in [0.2, 0.25) is 0 Å². The van der Waals surface area contributed by atoms with Crippen LogP contribution in [-0.4, -0.2) is 26.0 Å². The van der Waals surface area contributed by atoms with Crippen molar-refractivity contribution in [3.8, 4) is 11.4 Å². The molecule has 0 radical (unpaired) electrons. The average molecular weight is 434 g/mol. The second-order valence-corrected chi connectivity index (χ2v) is 9.88. The average Bonchev–Trinajstić information content (AvgIpc) is 3.15. The molecule has 160 valence electrons. The van der Waals surface area contributed by atoms with Gasteiger partial charge in [0.25, 0.3) is 0 Å². The highest BCUT2D eigenvalue weighted by Gasteiger charge is 2.32. The van der Waals surface area contributed by atoms with Gasteiger partial charge >= 0.3 is 0 Å². The number of ether oxygens (including phenoxy) is 1. The summed E-state index contributed by atoms with van der Waals surface area (Å²) in [7, 11) is 1.59. The predicted octanol–water partition coefficient (Wildman–Crippen LogP) is 4.49. The molecule has 5 nitrogen and oxygen atoms in total. The maximum absolute atomic E-state index is 13.7. The normalized spacial score (nSPS) is 13.8. The minimum atomic E-state index is -1.42. The standard InChI is InChI=1S/C22H25F2N3O2S/c1-22(2,3)30(28)26-20(13-15-11-16(23)14-17(24)12-15)21-25-9-10-27(21)18-5-7-19(29-4)8-6-18/h5-12,14,20,26H,13H2,1-4H3/t20-,30?/m1/s1. The lowest BCUT2D eigenvalue weighted by Crippen LogP contribution is -2.42. The van der Waals surface area contributed by atoms with Crippen LogP contribution in [0.3, 0.4) is 0 Å². The molecular weight excluding hydrogens is 408 g/mol. The van der Waals surface area contributed by atoms with E-state index in [9.17, 15) is 13.3 Å². The summed E-state index contributed by atoms with van der Waals surface area (Å²) < 4.78 is 49.9. The first-order chi connectivity index (χ1) is 14.2. The van der Waals surface area contributed by atoms with Crippen molar-refractivity contribution < 1.29 is 18.1 Å². The molecule has 1 heterocycles. The first-order valence-electron chi connectivity index (χ1n) is 9.48. The molecule has 30 heavy (non-hydrogen) atoms. The van der Waals surface area contributed by atoms with Gasteiger partial charge in [-0.25, -0.2) is 13.8 Å². The first-order valence-corrected chi connectivity index (χ1v) is 10.6. The number of hydrogen-bond acceptors (Lipinski definition) is 4. The molecule has 0 saturated carbocycles. The fourth-order valence-electron chi connectivity index (χ4n) is 2.99. The van der Waals surface area contributed by atoms with Crippen LogP contribution in [0.25, 0.3) is 5.69 Å². The number of rotatable bonds is 7. The molecule has 3 aromatic rings. The van der Waals surface area contributed by atoms with Crippen LogP contribution in [0, 0.1) is 11.6 Å². The van der Waals surface area contributed by atoms with E-state index >= 15 is 0 Å². The third-order valence-electron chi connectivity index (χ3n) is 4.50. The Hall–Kier alpha value is -2.42. The lowest BCUT2D eigenvalue weighted by atomic mass is 10.1. The highest BCUT2D eigenvalue weighted by Crippen LogP contribution is 2.26. The van der Waals surface area contributed by atoms with Gasteiger partial charge in [0.1, 0.15) is 34.0 Å². The van der Waals surface area contributed by atoms with Gasteiger partial charge in [-0.1, -0.05) is 0 Å². The molecule has 3 rings (SSSR count). The Balaban J connectivity index is 1.98. The lowest BCUT2D eigenvalue weighted by molar-refractivity contribution is 0.414. The Bertz CT molecular complexity index is 967. The fraction of sp³-hybridized carbons (Fsp3) is 0.318. The summed E-state index contributed by atoms with van der Waals surface area (Å²) in [6, 6.07) is 10.3. The van der Waals surface area contributed by atoms with Gasteiger partial charge in [0.05, 0.1) is 7.11 Å². The molecule has 1 N–H and O–H groups in total. The number of aromatic nitrogens is 2. The number of halogens is 2. The SMILES string of the molecule is COc1ccc(-n2ccnc2[C@@H](Cc2cc(F)cc(F)c2)N[S+]([O-])C(C)(C)C)cc1. The van der Waals surface area contributed by atoms with E-state index in [1.54, 1.807) is 19.5 Å². The molecule has 0 spiro atoms. The van der Waals surface area contributed by atoms with E-state index in [1.807, 2.05) is 49.6 Å². The molecule has 1 unspecified atom stereocenters. The van der Waals surface area contributed by atoms with E-state index in [0.29, 0.717) is 11.4 Å². The summed E-state index contributed by atoms with van der Waals surface area (Å²) in [4.78, 5) is 4.46. The zero-order chi connectivity index (χ0) is 21.9. The zero-order valence-electron chi connectivity index (χ0n) is 17.4. The number of imidazole rings is 1. The second-order valence-electron chi connectivity index (χ2n) is 7.89. The van der Waals surface area contributed by atoms with Crippen LogP contribution in [0.4, 0.5) is 8.78 Å². The number of methoxy groups -OCH3 is 1. The summed E-state index contributed by atoms with van der Waals surface area (Å²) in [6.07, 6.45) is 3.64. The molecule has 0 bridgehead atoms. The molecule has 0 saturated heterocycles. The first kappa shape index (κ1) is 22.3. The Kier molecular flexibility index (Phi) is 6.80. The van der Waals surface area contributed by atoms with Gasteiger partial charge in [-0.15, -0.1) is 4.72 Å². The van der Waals surface area contributed by atoms with Gasteiger partial charge in [-0.2, -0.15) is 0 Å². The molecule has 2 atom stereocenters. The molecule has 0 fully saturated rings. The van der Waals surface area contributed by atoms with Crippen molar-refractivity contribution >= 4 is 11.4 Å². The quantitative estimate of drug-likeness (QED) is 0.558. The Labute approximate surface area is 178 Å². The van der Waals surface area contributed by atoms with Crippen molar-refractivity contribution in [2.24, 2.45) is 0 Å². The van der Waals surface area contributed by atoms with Crippen molar-refractivity contribution in [3.05, 3.63) is 77.9 Å². The third-order valence-corrected chi connectivity index (χ3v) is 6.11. The highest BCUT2D eigenvalue weighted by atomic mass is 32.2. The molecule has 0 amide bonds. The summed E-state index contributed by atoms with van der Waals surface area (Å²) in [5.74, 6) is -0.0000195. The van der Waals surface area contributed by atoms with E-state index in [1.165, 1.54) is 12.1 Å². The summed E-state index contributed by atoms with van der Waals surface area (Å²) in [6.45, 7) is 5.56. The highest BCUT2D eigenvalue weighted by molar-refractivity contribution is 7.90. The summed E-state index contributed by atoms with van der Waals surface area (Å²) >= 11 is -1.42. The molecule has 8 heteroatoms. The maximum Gasteiger partial charge on any atom is 0.136 e.